The molecule has 1 N–H and O–H groups in total. The third kappa shape index (κ3) is 5.24. The third-order valence-electron chi connectivity index (χ3n) is 6.33. The molecular formula is C27H22F3N5O4. The number of hydrogen-bond donors (Lipinski definition) is 1. The van der Waals surface area contributed by atoms with Crippen molar-refractivity contribution in [3.05, 3.63) is 94.3 Å². The quantitative estimate of drug-likeness (QED) is 0.474. The van der Waals surface area contributed by atoms with E-state index in [0.29, 0.717) is 5.69 Å². The first-order valence-corrected chi connectivity index (χ1v) is 11.6. The molecule has 4 rings (SSSR count). The molecule has 0 spiro atoms. The van der Waals surface area contributed by atoms with Gasteiger partial charge in [0.2, 0.25) is 0 Å². The number of urea groups is 1. The van der Waals surface area contributed by atoms with Crippen molar-refractivity contribution in [1.29, 1.82) is 5.26 Å². The highest BCUT2D eigenvalue weighted by Crippen LogP contribution is 2.41. The van der Waals surface area contributed by atoms with Gasteiger partial charge in [0.1, 0.15) is 6.26 Å². The number of aromatic nitrogens is 1. The van der Waals surface area contributed by atoms with Gasteiger partial charge in [0.25, 0.3) is 5.91 Å². The fourth-order valence-electron chi connectivity index (χ4n) is 4.51. The van der Waals surface area contributed by atoms with Crippen molar-refractivity contribution in [2.75, 3.05) is 11.9 Å². The summed E-state index contributed by atoms with van der Waals surface area (Å²) >= 11 is 0. The van der Waals surface area contributed by atoms with E-state index in [9.17, 15) is 32.8 Å². The van der Waals surface area contributed by atoms with E-state index in [4.69, 9.17) is 4.42 Å². The summed E-state index contributed by atoms with van der Waals surface area (Å²) in [6.45, 7) is 2.75. The van der Waals surface area contributed by atoms with Crippen LogP contribution in [-0.2, 0) is 17.5 Å². The van der Waals surface area contributed by atoms with E-state index in [1.165, 1.54) is 68.8 Å². The number of nitrogens with one attached hydrogen (secondary N) is 1. The summed E-state index contributed by atoms with van der Waals surface area (Å²) in [7, 11) is 1.39. The van der Waals surface area contributed by atoms with Gasteiger partial charge in [-0.3, -0.25) is 14.5 Å². The second-order valence-corrected chi connectivity index (χ2v) is 8.81. The zero-order valence-electron chi connectivity index (χ0n) is 21.0. The number of Topliss-reactive ketones (excluding diaryl/α,β-unsaturated/α-hetero) is 1. The normalized spacial score (nSPS) is 15.8. The Morgan fingerprint density at radius 3 is 2.56 bits per heavy atom. The highest BCUT2D eigenvalue weighted by molar-refractivity contribution is 6.06. The number of carbonyl (C=O) groups is 3. The smallest absolute Gasteiger partial charge is 0.416 e. The van der Waals surface area contributed by atoms with Gasteiger partial charge in [0, 0.05) is 23.9 Å². The maximum Gasteiger partial charge on any atom is 0.416 e. The van der Waals surface area contributed by atoms with Crippen molar-refractivity contribution >= 4 is 23.4 Å². The van der Waals surface area contributed by atoms with Crippen molar-refractivity contribution in [1.82, 2.24) is 15.2 Å². The molecule has 12 heteroatoms. The minimum atomic E-state index is -4.64. The van der Waals surface area contributed by atoms with Crippen LogP contribution in [0.1, 0.15) is 52.6 Å². The highest BCUT2D eigenvalue weighted by Gasteiger charge is 2.41. The topological polar surface area (TPSA) is 120 Å². The van der Waals surface area contributed by atoms with Crippen LogP contribution in [0, 0.1) is 11.3 Å². The van der Waals surface area contributed by atoms with Crippen molar-refractivity contribution < 1.29 is 32.0 Å². The molecule has 3 aromatic rings. The molecule has 39 heavy (non-hydrogen) atoms. The number of likely N-dealkylation sites (N-methyl/N-ethyl adjacent to an activating group) is 1. The molecule has 2 aromatic carbocycles. The van der Waals surface area contributed by atoms with Gasteiger partial charge in [-0.25, -0.2) is 9.78 Å². The van der Waals surface area contributed by atoms with Crippen LogP contribution in [0.4, 0.5) is 23.7 Å². The second-order valence-electron chi connectivity index (χ2n) is 8.81. The van der Waals surface area contributed by atoms with Gasteiger partial charge < -0.3 is 14.6 Å². The van der Waals surface area contributed by atoms with E-state index >= 15 is 0 Å². The van der Waals surface area contributed by atoms with Crippen LogP contribution in [0.3, 0.4) is 0 Å². The summed E-state index contributed by atoms with van der Waals surface area (Å²) in [5, 5.41) is 12.1. The second kappa shape index (κ2) is 10.4. The Morgan fingerprint density at radius 2 is 1.95 bits per heavy atom. The van der Waals surface area contributed by atoms with Gasteiger partial charge in [-0.2, -0.15) is 18.4 Å². The summed E-state index contributed by atoms with van der Waals surface area (Å²) in [6.07, 6.45) is -2.08. The fraction of sp³-hybridized carbons (Fsp3) is 0.222. The van der Waals surface area contributed by atoms with Crippen LogP contribution in [0.2, 0.25) is 0 Å². The number of amides is 3. The lowest BCUT2D eigenvalue weighted by atomic mass is 9.87. The van der Waals surface area contributed by atoms with Gasteiger partial charge >= 0.3 is 12.2 Å². The van der Waals surface area contributed by atoms with Gasteiger partial charge in [0.05, 0.1) is 41.2 Å². The number of halogens is 3. The summed E-state index contributed by atoms with van der Waals surface area (Å²) in [5.74, 6) is -1.04. The summed E-state index contributed by atoms with van der Waals surface area (Å²) in [4.78, 5) is 45.9. The number of anilines is 1. The molecule has 3 amide bonds. The molecule has 1 aliphatic heterocycles. The lowest BCUT2D eigenvalue weighted by Gasteiger charge is -2.41. The molecule has 0 aliphatic carbocycles. The van der Waals surface area contributed by atoms with E-state index in [-0.39, 0.29) is 40.2 Å². The van der Waals surface area contributed by atoms with Crippen LogP contribution in [0.25, 0.3) is 0 Å². The molecular weight excluding hydrogens is 515 g/mol. The first kappa shape index (κ1) is 27.1. The Bertz CT molecular complexity index is 1520. The number of nitrogens with zero attached hydrogens (tertiary/aromatic N) is 4. The fourth-order valence-corrected chi connectivity index (χ4v) is 4.51. The number of nitriles is 1. The van der Waals surface area contributed by atoms with Crippen LogP contribution in [0.15, 0.2) is 70.8 Å². The standard InChI is InChI=1S/C27H22F3N5O4/c1-15-23(16(2)36)24(34(3)26(38)35(15)20-6-4-5-18(10-20)27(28,29)30)21-8-7-17(11-31)9-22(21)25(37)32-12-19-13-39-14-33-19/h4-10,13-14,24H,12H2,1-3H3,(H,32,37). The Kier molecular flexibility index (Phi) is 7.27. The molecule has 0 bridgehead atoms. The van der Waals surface area contributed by atoms with Gasteiger partial charge in [0.15, 0.2) is 12.2 Å². The lowest BCUT2D eigenvalue weighted by molar-refractivity contribution is -0.137. The van der Waals surface area contributed by atoms with E-state index in [0.717, 1.165) is 17.0 Å². The van der Waals surface area contributed by atoms with Crippen molar-refractivity contribution in [3.8, 4) is 6.07 Å². The number of ketones is 1. The van der Waals surface area contributed by atoms with E-state index in [1.807, 2.05) is 6.07 Å². The highest BCUT2D eigenvalue weighted by atomic mass is 19.4. The number of carbonyl (C=O) groups excluding carboxylic acids is 3. The molecule has 200 valence electrons. The summed E-state index contributed by atoms with van der Waals surface area (Å²) in [6, 6.07) is 8.71. The maximum atomic E-state index is 13.6. The van der Waals surface area contributed by atoms with Crippen LogP contribution >= 0.6 is 0 Å². The average molecular weight is 537 g/mol. The molecule has 0 saturated heterocycles. The molecule has 2 heterocycles. The summed E-state index contributed by atoms with van der Waals surface area (Å²) < 4.78 is 45.0. The first-order valence-electron chi connectivity index (χ1n) is 11.6. The number of hydrogen-bond acceptors (Lipinski definition) is 6. The third-order valence-corrected chi connectivity index (χ3v) is 6.33. The predicted octanol–water partition coefficient (Wildman–Crippen LogP) is 4.97. The number of alkyl halides is 3. The minimum absolute atomic E-state index is 0.0166. The molecule has 0 fully saturated rings. The van der Waals surface area contributed by atoms with Crippen LogP contribution in [0.5, 0.6) is 0 Å². The van der Waals surface area contributed by atoms with Crippen molar-refractivity contribution in [2.24, 2.45) is 0 Å². The first-order chi connectivity index (χ1) is 18.4. The Hall–Kier alpha value is -4.92. The Labute approximate surface area is 221 Å². The summed E-state index contributed by atoms with van der Waals surface area (Å²) in [5.41, 5.74) is 0.124. The monoisotopic (exact) mass is 537 g/mol. The number of oxazole rings is 1. The van der Waals surface area contributed by atoms with E-state index < -0.39 is 35.5 Å². The van der Waals surface area contributed by atoms with Crippen LogP contribution < -0.4 is 10.2 Å². The molecule has 1 aromatic heterocycles. The largest absolute Gasteiger partial charge is 0.451 e. The molecule has 1 atom stereocenters. The number of rotatable bonds is 6. The van der Waals surface area contributed by atoms with E-state index in [2.05, 4.69) is 10.3 Å². The molecule has 9 nitrogen and oxygen atoms in total. The SMILES string of the molecule is CC(=O)C1=C(C)N(c2cccc(C(F)(F)F)c2)C(=O)N(C)C1c1ccc(C#N)cc1C(=O)NCc1cocn1. The van der Waals surface area contributed by atoms with E-state index in [1.54, 1.807) is 0 Å². The maximum absolute atomic E-state index is 13.6. The Balaban J connectivity index is 1.83. The molecule has 1 aliphatic rings. The van der Waals surface area contributed by atoms with Crippen LogP contribution in [-0.4, -0.2) is 34.7 Å². The minimum Gasteiger partial charge on any atom is -0.451 e. The molecule has 0 saturated carbocycles. The number of benzene rings is 2. The van der Waals surface area contributed by atoms with Gasteiger partial charge in [-0.1, -0.05) is 12.1 Å². The van der Waals surface area contributed by atoms with Crippen molar-refractivity contribution in [2.45, 2.75) is 32.6 Å². The average Bonchev–Trinajstić information content (AvgIpc) is 3.42. The zero-order valence-corrected chi connectivity index (χ0v) is 21.0. The lowest BCUT2D eigenvalue weighted by Crippen LogP contribution is -2.49. The van der Waals surface area contributed by atoms with Gasteiger partial charge in [-0.05, 0) is 49.7 Å². The molecule has 1 unspecified atom stereocenters. The number of allylic oxidation sites excluding steroid dienone is 1. The van der Waals surface area contributed by atoms with Crippen molar-refractivity contribution in [3.63, 3.8) is 0 Å². The molecule has 0 radical (unpaired) electrons. The zero-order chi connectivity index (χ0) is 28.5. The van der Waals surface area contributed by atoms with Gasteiger partial charge in [-0.15, -0.1) is 0 Å². The Morgan fingerprint density at radius 1 is 1.21 bits per heavy atom. The predicted molar refractivity (Wildman–Crippen MR) is 132 cm³/mol.